The van der Waals surface area contributed by atoms with Gasteiger partial charge in [-0.3, -0.25) is 25.0 Å². The van der Waals surface area contributed by atoms with Gasteiger partial charge in [0.15, 0.2) is 5.78 Å². The Morgan fingerprint density at radius 3 is 2.18 bits per heavy atom. The van der Waals surface area contributed by atoms with Gasteiger partial charge in [-0.15, -0.1) is 0 Å². The molecule has 0 bridgehead atoms. The van der Waals surface area contributed by atoms with Gasteiger partial charge in [0.05, 0.1) is 33.0 Å². The highest BCUT2D eigenvalue weighted by atomic mass is 16.6. The number of ketones is 1. The van der Waals surface area contributed by atoms with Crippen LogP contribution in [0.4, 0.5) is 11.4 Å². The fourth-order valence-corrected chi connectivity index (χ4v) is 5.00. The molecule has 2 N–H and O–H groups in total. The van der Waals surface area contributed by atoms with E-state index in [1.54, 1.807) is 13.8 Å². The Hall–Kier alpha value is -3.44. The maximum Gasteiger partial charge on any atom is 0.338 e. The van der Waals surface area contributed by atoms with Crippen molar-refractivity contribution in [3.8, 4) is 0 Å². The third kappa shape index (κ3) is 3.18. The van der Waals surface area contributed by atoms with Crippen LogP contribution in [0.3, 0.4) is 0 Å². The molecule has 1 aromatic carbocycles. The lowest BCUT2D eigenvalue weighted by atomic mass is 9.67. The number of benzene rings is 1. The first kappa shape index (κ1) is 22.7. The molecule has 11 heteroatoms. The average molecular weight is 458 g/mol. The largest absolute Gasteiger partial charge is 0.461 e. The van der Waals surface area contributed by atoms with Gasteiger partial charge in [0.2, 0.25) is 0 Å². The summed E-state index contributed by atoms with van der Waals surface area (Å²) < 4.78 is 5.27. The average Bonchev–Trinajstić information content (AvgIpc) is 3.53. The summed E-state index contributed by atoms with van der Waals surface area (Å²) in [6, 6.07) is 2.46. The van der Waals surface area contributed by atoms with Crippen LogP contribution in [0.5, 0.6) is 0 Å². The number of Topliss-reactive ketones (excluding diaryl/α,β-unsaturated/α-hetero) is 1. The SMILES string of the molecule is CC1=C2C(=C[C@@](C)(COC(=O)c3cc([N+](=O)[O-])cc([N+](=O)[O-])c3)[C@@H]2O)C(=O)[C@](C)(O)C12CC2. The van der Waals surface area contributed by atoms with Crippen molar-refractivity contribution in [2.45, 2.75) is 45.3 Å². The van der Waals surface area contributed by atoms with Crippen LogP contribution in [0, 0.1) is 31.1 Å². The summed E-state index contributed by atoms with van der Waals surface area (Å²) in [6.07, 6.45) is 1.54. The van der Waals surface area contributed by atoms with Gasteiger partial charge in [0.1, 0.15) is 12.2 Å². The van der Waals surface area contributed by atoms with E-state index in [1.165, 1.54) is 13.0 Å². The first-order valence-electron chi connectivity index (χ1n) is 10.3. The molecule has 3 aliphatic carbocycles. The van der Waals surface area contributed by atoms with Crippen LogP contribution in [0.1, 0.15) is 44.0 Å². The summed E-state index contributed by atoms with van der Waals surface area (Å²) in [4.78, 5) is 46.0. The summed E-state index contributed by atoms with van der Waals surface area (Å²) in [6.45, 7) is 4.43. The summed E-state index contributed by atoms with van der Waals surface area (Å²) in [5.41, 5.74) is -3.84. The van der Waals surface area contributed by atoms with E-state index >= 15 is 0 Å². The lowest BCUT2D eigenvalue weighted by Gasteiger charge is -2.39. The molecule has 11 nitrogen and oxygen atoms in total. The van der Waals surface area contributed by atoms with Gasteiger partial charge < -0.3 is 14.9 Å². The Labute approximate surface area is 187 Å². The number of aliphatic hydroxyl groups excluding tert-OH is 1. The van der Waals surface area contributed by atoms with Crippen molar-refractivity contribution in [3.63, 3.8) is 0 Å². The van der Waals surface area contributed by atoms with Gasteiger partial charge in [-0.25, -0.2) is 4.79 Å². The summed E-state index contributed by atoms with van der Waals surface area (Å²) in [5.74, 6) is -1.55. The van der Waals surface area contributed by atoms with Gasteiger partial charge in [0.25, 0.3) is 11.4 Å². The van der Waals surface area contributed by atoms with Crippen LogP contribution >= 0.6 is 0 Å². The minimum atomic E-state index is -1.60. The Kier molecular flexibility index (Phi) is 4.84. The summed E-state index contributed by atoms with van der Waals surface area (Å²) >= 11 is 0. The normalized spacial score (nSPS) is 29.5. The Morgan fingerprint density at radius 2 is 1.70 bits per heavy atom. The van der Waals surface area contributed by atoms with E-state index in [4.69, 9.17) is 4.74 Å². The molecule has 0 radical (unpaired) electrons. The number of fused-ring (bicyclic) bond motifs is 1. The molecule has 0 unspecified atom stereocenters. The number of nitrogens with zero attached hydrogens (tertiary/aromatic N) is 2. The Bertz CT molecular complexity index is 1160. The van der Waals surface area contributed by atoms with Crippen molar-refractivity contribution in [1.29, 1.82) is 0 Å². The fraction of sp³-hybridized carbons (Fsp3) is 0.455. The minimum absolute atomic E-state index is 0.187. The van der Waals surface area contributed by atoms with E-state index < -0.39 is 62.1 Å². The van der Waals surface area contributed by atoms with E-state index in [2.05, 4.69) is 0 Å². The van der Waals surface area contributed by atoms with Crippen molar-refractivity contribution < 1.29 is 34.4 Å². The number of aliphatic hydroxyl groups is 2. The lowest BCUT2D eigenvalue weighted by Crippen LogP contribution is -2.50. The molecular weight excluding hydrogens is 436 g/mol. The van der Waals surface area contributed by atoms with E-state index in [0.717, 1.165) is 23.8 Å². The summed E-state index contributed by atoms with van der Waals surface area (Å²) in [7, 11) is 0. The third-order valence-corrected chi connectivity index (χ3v) is 7.23. The highest BCUT2D eigenvalue weighted by Gasteiger charge is 2.66. The molecule has 33 heavy (non-hydrogen) atoms. The Morgan fingerprint density at radius 1 is 1.15 bits per heavy atom. The molecule has 1 saturated carbocycles. The third-order valence-electron chi connectivity index (χ3n) is 7.23. The topological polar surface area (TPSA) is 170 Å². The van der Waals surface area contributed by atoms with Crippen LogP contribution in [-0.4, -0.2) is 50.1 Å². The minimum Gasteiger partial charge on any atom is -0.461 e. The smallest absolute Gasteiger partial charge is 0.338 e. The molecule has 1 spiro atoms. The van der Waals surface area contributed by atoms with Gasteiger partial charge >= 0.3 is 5.97 Å². The zero-order valence-electron chi connectivity index (χ0n) is 18.2. The lowest BCUT2D eigenvalue weighted by molar-refractivity contribution is -0.394. The highest BCUT2D eigenvalue weighted by molar-refractivity contribution is 6.09. The molecule has 1 fully saturated rings. The van der Waals surface area contributed by atoms with Crippen LogP contribution in [0.2, 0.25) is 0 Å². The van der Waals surface area contributed by atoms with E-state index in [1.807, 2.05) is 0 Å². The fourth-order valence-electron chi connectivity index (χ4n) is 5.00. The molecule has 3 aliphatic rings. The number of nitro benzene ring substituents is 2. The number of esters is 1. The monoisotopic (exact) mass is 458 g/mol. The summed E-state index contributed by atoms with van der Waals surface area (Å²) in [5, 5.41) is 44.1. The van der Waals surface area contributed by atoms with Crippen molar-refractivity contribution in [2.75, 3.05) is 6.61 Å². The first-order valence-corrected chi connectivity index (χ1v) is 10.3. The number of ether oxygens (including phenoxy) is 1. The molecule has 0 amide bonds. The van der Waals surface area contributed by atoms with Crippen molar-refractivity contribution in [1.82, 2.24) is 0 Å². The standard InChI is InChI=1S/C22H22N2O9/c1-11-16-15(17(25)21(3,28)22(11)4-5-22)9-20(2,18(16)26)10-33-19(27)12-6-13(23(29)30)8-14(7-12)24(31)32/h6-9,18,26,28H,4-5,10H2,1-3H3/t18-,20+,21+/m1/s1. The number of nitro groups is 2. The molecule has 1 aromatic rings. The quantitative estimate of drug-likeness (QED) is 0.382. The molecule has 174 valence electrons. The number of carbonyl (C=O) groups is 2. The molecule has 0 heterocycles. The predicted molar refractivity (Wildman–Crippen MR) is 112 cm³/mol. The van der Waals surface area contributed by atoms with Gasteiger partial charge in [-0.2, -0.15) is 0 Å². The molecule has 0 aliphatic heterocycles. The number of non-ortho nitro benzene ring substituents is 2. The zero-order valence-corrected chi connectivity index (χ0v) is 18.2. The van der Waals surface area contributed by atoms with Crippen LogP contribution in [0.15, 0.2) is 41.0 Å². The highest BCUT2D eigenvalue weighted by Crippen LogP contribution is 2.65. The van der Waals surface area contributed by atoms with E-state index in [-0.39, 0.29) is 11.1 Å². The van der Waals surface area contributed by atoms with Gasteiger partial charge in [-0.05, 0) is 39.2 Å². The van der Waals surface area contributed by atoms with Crippen LogP contribution in [-0.2, 0) is 9.53 Å². The first-order chi connectivity index (χ1) is 15.2. The Balaban J connectivity index is 1.62. The maximum atomic E-state index is 13.0. The van der Waals surface area contributed by atoms with Crippen molar-refractivity contribution in [2.24, 2.45) is 10.8 Å². The van der Waals surface area contributed by atoms with Crippen molar-refractivity contribution >= 4 is 23.1 Å². The molecule has 3 atom stereocenters. The molecule has 0 aromatic heterocycles. The zero-order chi connectivity index (χ0) is 24.5. The van der Waals surface area contributed by atoms with Crippen molar-refractivity contribution in [3.05, 3.63) is 66.8 Å². The second kappa shape index (κ2) is 7.03. The number of carbonyl (C=O) groups excluding carboxylic acids is 2. The molecule has 4 rings (SSSR count). The second-order valence-corrected chi connectivity index (χ2v) is 9.32. The van der Waals surface area contributed by atoms with Crippen LogP contribution in [0.25, 0.3) is 0 Å². The predicted octanol–water partition coefficient (Wildman–Crippen LogP) is 2.40. The van der Waals surface area contributed by atoms with Gasteiger partial charge in [-0.1, -0.05) is 11.6 Å². The number of hydrogen-bond donors (Lipinski definition) is 2. The number of rotatable bonds is 5. The van der Waals surface area contributed by atoms with E-state index in [9.17, 15) is 40.0 Å². The second-order valence-electron chi connectivity index (χ2n) is 9.32. The molecule has 0 saturated heterocycles. The van der Waals surface area contributed by atoms with Crippen LogP contribution < -0.4 is 0 Å². The van der Waals surface area contributed by atoms with E-state index in [0.29, 0.717) is 18.4 Å². The molecular formula is C22H22N2O9. The maximum absolute atomic E-state index is 13.0. The number of hydrogen-bond acceptors (Lipinski definition) is 9. The van der Waals surface area contributed by atoms with Gasteiger partial charge in [0, 0.05) is 23.1 Å².